The van der Waals surface area contributed by atoms with E-state index in [-0.39, 0.29) is 12.5 Å². The maximum Gasteiger partial charge on any atom is 0.257 e. The average molecular weight is 329 g/mol. The summed E-state index contributed by atoms with van der Waals surface area (Å²) in [5.74, 6) is 2.25. The number of tetrazole rings is 1. The summed E-state index contributed by atoms with van der Waals surface area (Å²) in [7, 11) is 1.76. The van der Waals surface area contributed by atoms with Crippen LogP contribution in [0.3, 0.4) is 0 Å². The summed E-state index contributed by atoms with van der Waals surface area (Å²) in [5, 5.41) is 11.3. The van der Waals surface area contributed by atoms with Gasteiger partial charge in [0.05, 0.1) is 5.56 Å². The van der Waals surface area contributed by atoms with Crippen LogP contribution in [0.15, 0.2) is 24.3 Å². The lowest BCUT2D eigenvalue weighted by atomic mass is 9.91. The van der Waals surface area contributed by atoms with Gasteiger partial charge in [-0.1, -0.05) is 26.0 Å². The van der Waals surface area contributed by atoms with Gasteiger partial charge >= 0.3 is 0 Å². The molecule has 1 amide bonds. The molecule has 0 radical (unpaired) electrons. The Morgan fingerprint density at radius 3 is 2.62 bits per heavy atom. The molecule has 0 saturated carbocycles. The monoisotopic (exact) mass is 329 g/mol. The van der Waals surface area contributed by atoms with Gasteiger partial charge in [-0.3, -0.25) is 4.79 Å². The fourth-order valence-corrected chi connectivity index (χ4v) is 3.28. The van der Waals surface area contributed by atoms with Crippen molar-refractivity contribution >= 4 is 5.91 Å². The first-order valence-electron chi connectivity index (χ1n) is 8.27. The molecule has 2 heterocycles. The van der Waals surface area contributed by atoms with Crippen molar-refractivity contribution in [2.45, 2.75) is 26.9 Å². The Morgan fingerprint density at radius 2 is 1.96 bits per heavy atom. The van der Waals surface area contributed by atoms with Gasteiger partial charge in [-0.05, 0) is 40.8 Å². The Morgan fingerprint density at radius 1 is 1.25 bits per heavy atom. The fourth-order valence-electron chi connectivity index (χ4n) is 3.28. The van der Waals surface area contributed by atoms with Gasteiger partial charge in [-0.2, -0.15) is 0 Å². The molecule has 1 aromatic heterocycles. The number of ether oxygens (including phenoxy) is 1. The van der Waals surface area contributed by atoms with Crippen molar-refractivity contribution in [2.24, 2.45) is 18.9 Å². The number of rotatable bonds is 4. The lowest BCUT2D eigenvalue weighted by Crippen LogP contribution is -2.42. The summed E-state index contributed by atoms with van der Waals surface area (Å²) in [4.78, 5) is 14.9. The van der Waals surface area contributed by atoms with Crippen LogP contribution in [0.1, 0.15) is 36.5 Å². The van der Waals surface area contributed by atoms with Crippen LogP contribution in [0.2, 0.25) is 0 Å². The zero-order chi connectivity index (χ0) is 17.1. The molecule has 1 fully saturated rings. The highest BCUT2D eigenvalue weighted by Gasteiger charge is 2.27. The quantitative estimate of drug-likeness (QED) is 0.857. The Balaban J connectivity index is 1.76. The number of aromatic nitrogens is 4. The van der Waals surface area contributed by atoms with Gasteiger partial charge in [0.15, 0.2) is 5.82 Å². The van der Waals surface area contributed by atoms with Crippen molar-refractivity contribution in [1.29, 1.82) is 0 Å². The molecule has 2 atom stereocenters. The third-order valence-electron chi connectivity index (χ3n) is 4.34. The number of likely N-dealkylation sites (tertiary alicyclic amines) is 1. The summed E-state index contributed by atoms with van der Waals surface area (Å²) >= 11 is 0. The van der Waals surface area contributed by atoms with E-state index >= 15 is 0 Å². The second-order valence-corrected chi connectivity index (χ2v) is 6.66. The molecule has 1 aliphatic rings. The molecular formula is C17H23N5O2. The molecule has 0 bridgehead atoms. The number of amides is 1. The summed E-state index contributed by atoms with van der Waals surface area (Å²) in [6.45, 7) is 6.20. The minimum atomic E-state index is 0.0279. The zero-order valence-corrected chi connectivity index (χ0v) is 14.3. The van der Waals surface area contributed by atoms with Crippen LogP contribution in [-0.4, -0.2) is 44.1 Å². The topological polar surface area (TPSA) is 73.1 Å². The van der Waals surface area contributed by atoms with Crippen LogP contribution >= 0.6 is 0 Å². The molecule has 7 heteroatoms. The molecule has 2 aromatic rings. The van der Waals surface area contributed by atoms with Gasteiger partial charge in [-0.25, -0.2) is 4.68 Å². The van der Waals surface area contributed by atoms with Crippen LogP contribution in [-0.2, 0) is 13.7 Å². The number of aryl methyl sites for hydroxylation is 1. The Hall–Kier alpha value is -2.44. The number of carbonyl (C=O) groups is 1. The van der Waals surface area contributed by atoms with E-state index in [2.05, 4.69) is 29.4 Å². The maximum atomic E-state index is 12.9. The van der Waals surface area contributed by atoms with Gasteiger partial charge in [0, 0.05) is 20.1 Å². The number of benzene rings is 1. The first-order valence-corrected chi connectivity index (χ1v) is 8.27. The third-order valence-corrected chi connectivity index (χ3v) is 4.34. The number of carbonyl (C=O) groups excluding carboxylic acids is 1. The van der Waals surface area contributed by atoms with Crippen LogP contribution in [0, 0.1) is 11.8 Å². The maximum absolute atomic E-state index is 12.9. The van der Waals surface area contributed by atoms with Crippen LogP contribution in [0.4, 0.5) is 0 Å². The molecule has 0 unspecified atom stereocenters. The SMILES string of the molecule is C[C@@H]1C[C@H](C)CN(C(=O)c2ccccc2OCc2nnnn2C)C1. The first-order chi connectivity index (χ1) is 11.5. The number of hydrogen-bond acceptors (Lipinski definition) is 5. The molecule has 0 spiro atoms. The van der Waals surface area contributed by atoms with E-state index in [0.29, 0.717) is 29.0 Å². The van der Waals surface area contributed by atoms with Crippen LogP contribution in [0.25, 0.3) is 0 Å². The van der Waals surface area contributed by atoms with Crippen molar-refractivity contribution < 1.29 is 9.53 Å². The van der Waals surface area contributed by atoms with Crippen LogP contribution in [0.5, 0.6) is 5.75 Å². The van der Waals surface area contributed by atoms with Gasteiger partial charge in [-0.15, -0.1) is 5.10 Å². The van der Waals surface area contributed by atoms with Gasteiger partial charge in [0.2, 0.25) is 0 Å². The van der Waals surface area contributed by atoms with Crippen molar-refractivity contribution in [3.8, 4) is 5.75 Å². The van der Waals surface area contributed by atoms with Crippen molar-refractivity contribution in [3.05, 3.63) is 35.7 Å². The predicted octanol–water partition coefficient (Wildman–Crippen LogP) is 1.91. The average Bonchev–Trinajstić information content (AvgIpc) is 2.97. The molecule has 1 saturated heterocycles. The minimum Gasteiger partial charge on any atom is -0.485 e. The molecule has 3 rings (SSSR count). The summed E-state index contributed by atoms with van der Waals surface area (Å²) in [6.07, 6.45) is 1.17. The molecule has 0 N–H and O–H groups in total. The highest BCUT2D eigenvalue weighted by atomic mass is 16.5. The van der Waals surface area contributed by atoms with Crippen molar-refractivity contribution in [3.63, 3.8) is 0 Å². The van der Waals surface area contributed by atoms with E-state index < -0.39 is 0 Å². The minimum absolute atomic E-state index is 0.0279. The lowest BCUT2D eigenvalue weighted by molar-refractivity contribution is 0.0618. The fraction of sp³-hybridized carbons (Fsp3) is 0.529. The Bertz CT molecular complexity index is 705. The standard InChI is InChI=1S/C17H23N5O2/c1-12-8-13(2)10-22(9-12)17(23)14-6-4-5-7-15(14)24-11-16-18-19-20-21(16)3/h4-7,12-13H,8-11H2,1-3H3/t12-,13+. The number of hydrogen-bond donors (Lipinski definition) is 0. The number of piperidine rings is 1. The van der Waals surface area contributed by atoms with E-state index in [0.717, 1.165) is 13.1 Å². The second kappa shape index (κ2) is 6.98. The second-order valence-electron chi connectivity index (χ2n) is 6.66. The number of para-hydroxylation sites is 1. The highest BCUT2D eigenvalue weighted by molar-refractivity contribution is 5.97. The highest BCUT2D eigenvalue weighted by Crippen LogP contribution is 2.26. The summed E-state index contributed by atoms with van der Waals surface area (Å²) in [5.41, 5.74) is 0.592. The van der Waals surface area contributed by atoms with E-state index in [1.807, 2.05) is 29.2 Å². The van der Waals surface area contributed by atoms with E-state index in [1.165, 1.54) is 6.42 Å². The summed E-state index contributed by atoms with van der Waals surface area (Å²) in [6, 6.07) is 7.35. The molecule has 7 nitrogen and oxygen atoms in total. The van der Waals surface area contributed by atoms with E-state index in [9.17, 15) is 4.79 Å². The van der Waals surface area contributed by atoms with Gasteiger partial charge in [0.1, 0.15) is 12.4 Å². The Labute approximate surface area is 141 Å². The molecule has 24 heavy (non-hydrogen) atoms. The molecular weight excluding hydrogens is 306 g/mol. The zero-order valence-electron chi connectivity index (χ0n) is 14.3. The molecule has 0 aliphatic carbocycles. The first kappa shape index (κ1) is 16.4. The smallest absolute Gasteiger partial charge is 0.257 e. The van der Waals surface area contributed by atoms with Crippen molar-refractivity contribution in [2.75, 3.05) is 13.1 Å². The van der Waals surface area contributed by atoms with E-state index in [4.69, 9.17) is 4.74 Å². The van der Waals surface area contributed by atoms with Crippen LogP contribution < -0.4 is 4.74 Å². The van der Waals surface area contributed by atoms with E-state index in [1.54, 1.807) is 11.7 Å². The molecule has 1 aliphatic heterocycles. The summed E-state index contributed by atoms with van der Waals surface area (Å²) < 4.78 is 7.37. The van der Waals surface area contributed by atoms with Gasteiger partial charge < -0.3 is 9.64 Å². The largest absolute Gasteiger partial charge is 0.485 e. The number of nitrogens with zero attached hydrogens (tertiary/aromatic N) is 5. The van der Waals surface area contributed by atoms with Crippen molar-refractivity contribution in [1.82, 2.24) is 25.1 Å². The lowest BCUT2D eigenvalue weighted by Gasteiger charge is -2.35. The van der Waals surface area contributed by atoms with Gasteiger partial charge in [0.25, 0.3) is 5.91 Å². The molecule has 128 valence electrons. The normalized spacial score (nSPS) is 20.9. The molecule has 1 aromatic carbocycles. The predicted molar refractivity (Wildman–Crippen MR) is 88.4 cm³/mol. The Kier molecular flexibility index (Phi) is 4.78. The third kappa shape index (κ3) is 3.55.